The van der Waals surface area contributed by atoms with E-state index in [1.807, 2.05) is 0 Å². The number of methoxy groups -OCH3 is 1. The van der Waals surface area contributed by atoms with E-state index in [0.717, 1.165) is 10.0 Å². The molecule has 0 unspecified atom stereocenters. The molecule has 0 saturated carbocycles. The molecule has 0 radical (unpaired) electrons. The van der Waals surface area contributed by atoms with Crippen LogP contribution < -0.4 is 10.1 Å². The number of aliphatic hydroxyl groups is 1. The average Bonchev–Trinajstić information content (AvgIpc) is 3.10. The molecule has 0 bridgehead atoms. The number of hydrogen-bond acceptors (Lipinski definition) is 5. The molecule has 2 aromatic heterocycles. The van der Waals surface area contributed by atoms with Gasteiger partial charge in [-0.25, -0.2) is 0 Å². The second kappa shape index (κ2) is 7.50. The molecule has 0 aliphatic heterocycles. The third-order valence-corrected chi connectivity index (χ3v) is 3.94. The van der Waals surface area contributed by atoms with Crippen LogP contribution in [-0.4, -0.2) is 23.1 Å². The molecule has 2 N–H and O–H groups in total. The van der Waals surface area contributed by atoms with E-state index >= 15 is 0 Å². The van der Waals surface area contributed by atoms with Crippen molar-refractivity contribution in [2.24, 2.45) is 0 Å². The van der Waals surface area contributed by atoms with E-state index in [1.165, 1.54) is 6.20 Å². The van der Waals surface area contributed by atoms with E-state index in [1.54, 1.807) is 49.7 Å². The van der Waals surface area contributed by atoms with Gasteiger partial charge in [0.2, 0.25) is 0 Å². The molecule has 6 nitrogen and oxygen atoms in total. The molecule has 25 heavy (non-hydrogen) atoms. The maximum Gasteiger partial charge on any atom is 0.257 e. The van der Waals surface area contributed by atoms with Crippen molar-refractivity contribution in [3.8, 4) is 17.1 Å². The Kier molecular flexibility index (Phi) is 5.16. The van der Waals surface area contributed by atoms with Gasteiger partial charge in [0.1, 0.15) is 23.9 Å². The number of hydrogen-bond donors (Lipinski definition) is 2. The van der Waals surface area contributed by atoms with E-state index < -0.39 is 0 Å². The van der Waals surface area contributed by atoms with Gasteiger partial charge in [0.15, 0.2) is 0 Å². The second-order valence-electron chi connectivity index (χ2n) is 5.19. The average molecular weight is 403 g/mol. The van der Waals surface area contributed by atoms with Gasteiger partial charge in [-0.1, -0.05) is 0 Å². The number of halogens is 1. The quantitative estimate of drug-likeness (QED) is 0.676. The summed E-state index contributed by atoms with van der Waals surface area (Å²) >= 11 is 3.29. The molecule has 2 heterocycles. The normalized spacial score (nSPS) is 10.5. The maximum absolute atomic E-state index is 12.3. The standard InChI is InChI=1S/C18H15BrN2O4/c1-24-17-7-13(21-18(23)11-6-12(19)9-20-8-11)2-4-15(17)16-5-3-14(10-22)25-16/h2-9,22H,10H2,1H3,(H,21,23). The third kappa shape index (κ3) is 3.89. The van der Waals surface area contributed by atoms with Crippen LogP contribution in [0.5, 0.6) is 5.75 Å². The molecule has 1 amide bonds. The first-order valence-electron chi connectivity index (χ1n) is 7.40. The number of carbonyl (C=O) groups excluding carboxylic acids is 1. The number of aliphatic hydroxyl groups excluding tert-OH is 1. The zero-order valence-electron chi connectivity index (χ0n) is 13.3. The molecular weight excluding hydrogens is 388 g/mol. The van der Waals surface area contributed by atoms with Gasteiger partial charge in [0.05, 0.1) is 18.2 Å². The summed E-state index contributed by atoms with van der Waals surface area (Å²) in [5.74, 6) is 1.32. The summed E-state index contributed by atoms with van der Waals surface area (Å²) in [4.78, 5) is 16.3. The number of nitrogens with one attached hydrogen (secondary N) is 1. The van der Waals surface area contributed by atoms with Crippen LogP contribution in [0.3, 0.4) is 0 Å². The van der Waals surface area contributed by atoms with E-state index in [4.69, 9.17) is 14.3 Å². The highest BCUT2D eigenvalue weighted by Crippen LogP contribution is 2.33. The second-order valence-corrected chi connectivity index (χ2v) is 6.10. The van der Waals surface area contributed by atoms with Crippen molar-refractivity contribution >= 4 is 27.5 Å². The molecule has 1 aromatic carbocycles. The van der Waals surface area contributed by atoms with E-state index in [0.29, 0.717) is 28.5 Å². The fourth-order valence-corrected chi connectivity index (χ4v) is 2.68. The Morgan fingerprint density at radius 3 is 2.80 bits per heavy atom. The van der Waals surface area contributed by atoms with Gasteiger partial charge in [-0.2, -0.15) is 0 Å². The van der Waals surface area contributed by atoms with Gasteiger partial charge in [-0.05, 0) is 46.3 Å². The van der Waals surface area contributed by atoms with Crippen molar-refractivity contribution in [1.82, 2.24) is 4.98 Å². The number of amides is 1. The van der Waals surface area contributed by atoms with Crippen LogP contribution >= 0.6 is 15.9 Å². The Hall–Kier alpha value is -2.64. The molecule has 7 heteroatoms. The lowest BCUT2D eigenvalue weighted by Crippen LogP contribution is -2.12. The van der Waals surface area contributed by atoms with Crippen molar-refractivity contribution in [3.63, 3.8) is 0 Å². The number of rotatable bonds is 5. The highest BCUT2D eigenvalue weighted by molar-refractivity contribution is 9.10. The van der Waals surface area contributed by atoms with Crippen LogP contribution in [0.25, 0.3) is 11.3 Å². The first kappa shape index (κ1) is 17.2. The Balaban J connectivity index is 1.85. The fraction of sp³-hybridized carbons (Fsp3) is 0.111. The van der Waals surface area contributed by atoms with Crippen LogP contribution in [0.1, 0.15) is 16.1 Å². The zero-order valence-corrected chi connectivity index (χ0v) is 14.9. The molecular formula is C18H15BrN2O4. The number of anilines is 1. The van der Waals surface area contributed by atoms with Crippen LogP contribution in [0, 0.1) is 0 Å². The molecule has 0 saturated heterocycles. The Morgan fingerprint density at radius 2 is 2.12 bits per heavy atom. The Labute approximate surface area is 152 Å². The topological polar surface area (TPSA) is 84.6 Å². The zero-order chi connectivity index (χ0) is 17.8. The number of carbonyl (C=O) groups is 1. The summed E-state index contributed by atoms with van der Waals surface area (Å²) in [6.45, 7) is -0.170. The Bertz CT molecular complexity index is 908. The summed E-state index contributed by atoms with van der Waals surface area (Å²) < 4.78 is 11.7. The van der Waals surface area contributed by atoms with Crippen molar-refractivity contribution < 1.29 is 19.1 Å². The smallest absolute Gasteiger partial charge is 0.257 e. The van der Waals surface area contributed by atoms with Gasteiger partial charge < -0.3 is 19.6 Å². The lowest BCUT2D eigenvalue weighted by Gasteiger charge is -2.10. The third-order valence-electron chi connectivity index (χ3n) is 3.51. The molecule has 128 valence electrons. The lowest BCUT2D eigenvalue weighted by molar-refractivity contribution is 0.102. The van der Waals surface area contributed by atoms with Crippen molar-refractivity contribution in [1.29, 1.82) is 0 Å². The van der Waals surface area contributed by atoms with Crippen molar-refractivity contribution in [2.75, 3.05) is 12.4 Å². The van der Waals surface area contributed by atoms with E-state index in [-0.39, 0.29) is 12.5 Å². The number of ether oxygens (including phenoxy) is 1. The van der Waals surface area contributed by atoms with E-state index in [2.05, 4.69) is 26.2 Å². The van der Waals surface area contributed by atoms with Crippen LogP contribution in [0.4, 0.5) is 5.69 Å². The van der Waals surface area contributed by atoms with Gasteiger partial charge in [-0.3, -0.25) is 9.78 Å². The highest BCUT2D eigenvalue weighted by atomic mass is 79.9. The lowest BCUT2D eigenvalue weighted by atomic mass is 10.1. The fourth-order valence-electron chi connectivity index (χ4n) is 2.32. The van der Waals surface area contributed by atoms with Crippen molar-refractivity contribution in [3.05, 3.63) is 64.6 Å². The minimum Gasteiger partial charge on any atom is -0.496 e. The molecule has 3 rings (SSSR count). The van der Waals surface area contributed by atoms with Gasteiger partial charge in [-0.15, -0.1) is 0 Å². The van der Waals surface area contributed by atoms with Crippen LogP contribution in [0.15, 0.2) is 57.7 Å². The van der Waals surface area contributed by atoms with Gasteiger partial charge in [0.25, 0.3) is 5.91 Å². The minimum atomic E-state index is -0.274. The summed E-state index contributed by atoms with van der Waals surface area (Å²) in [6, 6.07) is 10.4. The largest absolute Gasteiger partial charge is 0.496 e. The SMILES string of the molecule is COc1cc(NC(=O)c2cncc(Br)c2)ccc1-c1ccc(CO)o1. The van der Waals surface area contributed by atoms with Crippen LogP contribution in [0.2, 0.25) is 0 Å². The first-order valence-corrected chi connectivity index (χ1v) is 8.20. The summed E-state index contributed by atoms with van der Waals surface area (Å²) in [5, 5.41) is 11.9. The number of furan rings is 1. The highest BCUT2D eigenvalue weighted by Gasteiger charge is 2.13. The summed E-state index contributed by atoms with van der Waals surface area (Å²) in [6.07, 6.45) is 3.10. The first-order chi connectivity index (χ1) is 12.1. The van der Waals surface area contributed by atoms with Crippen molar-refractivity contribution in [2.45, 2.75) is 6.61 Å². The molecule has 0 aliphatic rings. The number of aromatic nitrogens is 1. The van der Waals surface area contributed by atoms with Crippen LogP contribution in [-0.2, 0) is 6.61 Å². The molecule has 0 fully saturated rings. The number of pyridine rings is 1. The van der Waals surface area contributed by atoms with Gasteiger partial charge >= 0.3 is 0 Å². The molecule has 0 atom stereocenters. The maximum atomic E-state index is 12.3. The molecule has 3 aromatic rings. The summed E-state index contributed by atoms with van der Waals surface area (Å²) in [5.41, 5.74) is 1.75. The predicted molar refractivity (Wildman–Crippen MR) is 96.5 cm³/mol. The predicted octanol–water partition coefficient (Wildman–Crippen LogP) is 3.86. The van der Waals surface area contributed by atoms with E-state index in [9.17, 15) is 4.79 Å². The Morgan fingerprint density at radius 1 is 1.28 bits per heavy atom. The van der Waals surface area contributed by atoms with Gasteiger partial charge in [0, 0.05) is 28.6 Å². The number of benzene rings is 1. The number of nitrogens with zero attached hydrogens (tertiary/aromatic N) is 1. The molecule has 0 aliphatic carbocycles. The summed E-state index contributed by atoms with van der Waals surface area (Å²) in [7, 11) is 1.54. The minimum absolute atomic E-state index is 0.170. The molecule has 0 spiro atoms. The monoisotopic (exact) mass is 402 g/mol.